The highest BCUT2D eigenvalue weighted by molar-refractivity contribution is 5.86. The van der Waals surface area contributed by atoms with E-state index in [1.54, 1.807) is 36.4 Å². The number of carboxylic acid groups (broad SMARTS) is 1. The third kappa shape index (κ3) is 3.21. The van der Waals surface area contributed by atoms with Crippen LogP contribution in [0.3, 0.4) is 0 Å². The lowest BCUT2D eigenvalue weighted by molar-refractivity contribution is -0.121. The first-order valence-corrected chi connectivity index (χ1v) is 5.69. The number of amides is 1. The van der Waals surface area contributed by atoms with E-state index in [2.05, 4.69) is 10.4 Å². The molecule has 2 rings (SSSR count). The van der Waals surface area contributed by atoms with Gasteiger partial charge in [-0.15, -0.1) is 0 Å². The molecular weight excluding hydrogens is 248 g/mol. The molecule has 0 fully saturated rings. The number of nitrogens with zero attached hydrogens (tertiary/aromatic N) is 3. The van der Waals surface area contributed by atoms with Crippen molar-refractivity contribution < 1.29 is 14.7 Å². The summed E-state index contributed by atoms with van der Waals surface area (Å²) in [6.07, 6.45) is 5.03. The molecule has 2 heterocycles. The van der Waals surface area contributed by atoms with Crippen molar-refractivity contribution in [3.05, 3.63) is 42.0 Å². The third-order valence-electron chi connectivity index (χ3n) is 2.61. The van der Waals surface area contributed by atoms with Crippen LogP contribution >= 0.6 is 0 Å². The average molecular weight is 262 g/mol. The minimum atomic E-state index is -1.05. The topological polar surface area (TPSA) is 89.2 Å². The summed E-state index contributed by atoms with van der Waals surface area (Å²) in [5.41, 5.74) is 0.985. The van der Waals surface area contributed by atoms with Crippen molar-refractivity contribution >= 4 is 11.9 Å². The number of hydrogen-bond donors (Lipinski definition) is 2. The van der Waals surface area contributed by atoms with E-state index in [1.807, 2.05) is 0 Å². The van der Waals surface area contributed by atoms with E-state index < -0.39 is 5.97 Å². The predicted molar refractivity (Wildman–Crippen MR) is 66.4 cm³/mol. The smallest absolute Gasteiger partial charge is 0.352 e. The summed E-state index contributed by atoms with van der Waals surface area (Å²) in [6, 6.07) is 3.05. The molecule has 7 heteroatoms. The monoisotopic (exact) mass is 262 g/mol. The van der Waals surface area contributed by atoms with E-state index in [0.29, 0.717) is 6.54 Å². The van der Waals surface area contributed by atoms with Crippen molar-refractivity contribution in [2.45, 2.75) is 13.1 Å². The van der Waals surface area contributed by atoms with Crippen molar-refractivity contribution in [2.75, 3.05) is 0 Å². The maximum Gasteiger partial charge on any atom is 0.352 e. The molecule has 0 aliphatic heterocycles. The lowest BCUT2D eigenvalue weighted by atomic mass is 10.3. The van der Waals surface area contributed by atoms with Gasteiger partial charge in [-0.25, -0.2) is 4.79 Å². The van der Waals surface area contributed by atoms with Gasteiger partial charge in [0, 0.05) is 31.5 Å². The molecule has 0 unspecified atom stereocenters. The lowest BCUT2D eigenvalue weighted by Gasteiger charge is -2.06. The second kappa shape index (κ2) is 5.38. The summed E-state index contributed by atoms with van der Waals surface area (Å²) in [5, 5.41) is 15.6. The Labute approximate surface area is 109 Å². The first kappa shape index (κ1) is 12.9. The fourth-order valence-electron chi connectivity index (χ4n) is 1.72. The molecule has 0 saturated heterocycles. The van der Waals surface area contributed by atoms with Gasteiger partial charge in [0.2, 0.25) is 5.91 Å². The normalized spacial score (nSPS) is 10.4. The fraction of sp³-hybridized carbons (Fsp3) is 0.250. The lowest BCUT2D eigenvalue weighted by Crippen LogP contribution is -2.27. The van der Waals surface area contributed by atoms with Gasteiger partial charge in [0.15, 0.2) is 0 Å². The Hall–Kier alpha value is -2.57. The number of carboxylic acids is 1. The molecule has 100 valence electrons. The molecule has 0 aromatic carbocycles. The highest BCUT2D eigenvalue weighted by Gasteiger charge is 2.11. The van der Waals surface area contributed by atoms with Crippen LogP contribution in [0, 0.1) is 0 Å². The zero-order valence-corrected chi connectivity index (χ0v) is 10.4. The maximum absolute atomic E-state index is 11.7. The second-order valence-electron chi connectivity index (χ2n) is 4.13. The zero-order chi connectivity index (χ0) is 13.8. The zero-order valence-electron chi connectivity index (χ0n) is 10.4. The Morgan fingerprint density at radius 2 is 2.26 bits per heavy atom. The molecule has 2 aromatic heterocycles. The van der Waals surface area contributed by atoms with Gasteiger partial charge >= 0.3 is 5.97 Å². The first-order valence-electron chi connectivity index (χ1n) is 5.69. The Bertz CT molecular complexity index is 600. The number of aromatic carboxylic acids is 1. The van der Waals surface area contributed by atoms with Crippen LogP contribution in [0.1, 0.15) is 16.1 Å². The van der Waals surface area contributed by atoms with Crippen molar-refractivity contribution in [1.29, 1.82) is 0 Å². The van der Waals surface area contributed by atoms with Gasteiger partial charge in [-0.3, -0.25) is 9.48 Å². The third-order valence-corrected chi connectivity index (χ3v) is 2.61. The Kier molecular flexibility index (Phi) is 3.65. The Balaban J connectivity index is 1.90. The number of carbonyl (C=O) groups excluding carboxylic acids is 1. The van der Waals surface area contributed by atoms with Crippen LogP contribution in [0.25, 0.3) is 0 Å². The molecule has 2 N–H and O–H groups in total. The van der Waals surface area contributed by atoms with Gasteiger partial charge in [0.05, 0.1) is 6.20 Å². The van der Waals surface area contributed by atoms with Crippen molar-refractivity contribution in [3.8, 4) is 0 Å². The molecule has 0 aliphatic carbocycles. The van der Waals surface area contributed by atoms with Gasteiger partial charge in [0.1, 0.15) is 12.2 Å². The molecule has 19 heavy (non-hydrogen) atoms. The summed E-state index contributed by atoms with van der Waals surface area (Å²) >= 11 is 0. The summed E-state index contributed by atoms with van der Waals surface area (Å²) in [7, 11) is 1.80. The number of aromatic nitrogens is 3. The van der Waals surface area contributed by atoms with Crippen LogP contribution in [0.4, 0.5) is 0 Å². The largest absolute Gasteiger partial charge is 0.477 e. The summed E-state index contributed by atoms with van der Waals surface area (Å²) < 4.78 is 3.04. The van der Waals surface area contributed by atoms with Crippen molar-refractivity contribution in [2.24, 2.45) is 7.05 Å². The maximum atomic E-state index is 11.7. The van der Waals surface area contributed by atoms with Gasteiger partial charge in [-0.1, -0.05) is 0 Å². The number of nitrogens with one attached hydrogen (secondary N) is 1. The van der Waals surface area contributed by atoms with Crippen LogP contribution in [0.15, 0.2) is 30.7 Å². The van der Waals surface area contributed by atoms with E-state index >= 15 is 0 Å². The first-order chi connectivity index (χ1) is 9.06. The molecular formula is C12H14N4O3. The minimum absolute atomic E-state index is 0.0190. The molecule has 0 bridgehead atoms. The minimum Gasteiger partial charge on any atom is -0.477 e. The predicted octanol–water partition coefficient (Wildman–Crippen LogP) is 0.236. The molecule has 0 saturated carbocycles. The molecule has 0 aliphatic rings. The SMILES string of the molecule is Cn1cc(CNC(=O)Cn2cccc2C(=O)O)cn1. The van der Waals surface area contributed by atoms with Crippen LogP contribution < -0.4 is 5.32 Å². The fourth-order valence-corrected chi connectivity index (χ4v) is 1.72. The summed E-state index contributed by atoms with van der Waals surface area (Å²) in [6.45, 7) is 0.352. The van der Waals surface area contributed by atoms with E-state index in [1.165, 1.54) is 10.6 Å². The highest BCUT2D eigenvalue weighted by Crippen LogP contribution is 2.02. The van der Waals surface area contributed by atoms with E-state index in [-0.39, 0.29) is 18.1 Å². The molecule has 7 nitrogen and oxygen atoms in total. The Morgan fingerprint density at radius 1 is 1.47 bits per heavy atom. The molecule has 2 aromatic rings. The van der Waals surface area contributed by atoms with Crippen LogP contribution in [-0.4, -0.2) is 31.3 Å². The molecule has 0 atom stereocenters. The van der Waals surface area contributed by atoms with Crippen molar-refractivity contribution in [3.63, 3.8) is 0 Å². The number of rotatable bonds is 5. The van der Waals surface area contributed by atoms with Gasteiger partial charge in [-0.2, -0.15) is 5.10 Å². The summed E-state index contributed by atoms with van der Waals surface area (Å²) in [5.74, 6) is -1.30. The Morgan fingerprint density at radius 3 is 2.89 bits per heavy atom. The molecule has 0 radical (unpaired) electrons. The quantitative estimate of drug-likeness (QED) is 0.807. The number of carbonyl (C=O) groups is 2. The summed E-state index contributed by atoms with van der Waals surface area (Å²) in [4.78, 5) is 22.6. The highest BCUT2D eigenvalue weighted by atomic mass is 16.4. The van der Waals surface area contributed by atoms with E-state index in [0.717, 1.165) is 5.56 Å². The second-order valence-corrected chi connectivity index (χ2v) is 4.13. The molecule has 1 amide bonds. The standard InChI is InChI=1S/C12H14N4O3/c1-15-7-9(6-14-15)5-13-11(17)8-16-4-2-3-10(16)12(18)19/h2-4,6-7H,5,8H2,1H3,(H,13,17)(H,18,19). The van der Waals surface area contributed by atoms with Crippen LogP contribution in [0.2, 0.25) is 0 Å². The van der Waals surface area contributed by atoms with Gasteiger partial charge < -0.3 is 15.0 Å². The van der Waals surface area contributed by atoms with Crippen LogP contribution in [0.5, 0.6) is 0 Å². The van der Waals surface area contributed by atoms with E-state index in [4.69, 9.17) is 5.11 Å². The number of aryl methyl sites for hydroxylation is 1. The molecule has 0 spiro atoms. The van der Waals surface area contributed by atoms with Gasteiger partial charge in [0.25, 0.3) is 0 Å². The van der Waals surface area contributed by atoms with E-state index in [9.17, 15) is 9.59 Å². The number of hydrogen-bond acceptors (Lipinski definition) is 3. The van der Waals surface area contributed by atoms with Crippen LogP contribution in [-0.2, 0) is 24.9 Å². The van der Waals surface area contributed by atoms with Crippen molar-refractivity contribution in [1.82, 2.24) is 19.7 Å². The van der Waals surface area contributed by atoms with Gasteiger partial charge in [-0.05, 0) is 12.1 Å². The average Bonchev–Trinajstić information content (AvgIpc) is 2.95.